The summed E-state index contributed by atoms with van der Waals surface area (Å²) in [5, 5.41) is 3.95. The van der Waals surface area contributed by atoms with E-state index in [-0.39, 0.29) is 4.90 Å². The fourth-order valence-electron chi connectivity index (χ4n) is 1.90. The highest BCUT2D eigenvalue weighted by molar-refractivity contribution is 7.98. The van der Waals surface area contributed by atoms with Crippen LogP contribution in [0.1, 0.15) is 24.8 Å². The van der Waals surface area contributed by atoms with Crippen LogP contribution in [0.25, 0.3) is 0 Å². The van der Waals surface area contributed by atoms with Crippen LogP contribution in [0.5, 0.6) is 0 Å². The molecule has 0 atom stereocenters. The maximum absolute atomic E-state index is 12.2. The zero-order valence-electron chi connectivity index (χ0n) is 12.1. The van der Waals surface area contributed by atoms with Gasteiger partial charge < -0.3 is 5.32 Å². The minimum Gasteiger partial charge on any atom is -0.310 e. The lowest BCUT2D eigenvalue weighted by atomic mass is 10.2. The molecule has 0 unspecified atom stereocenters. The summed E-state index contributed by atoms with van der Waals surface area (Å²) in [4.78, 5) is 0.281. The summed E-state index contributed by atoms with van der Waals surface area (Å²) in [6.07, 6.45) is 5.20. The van der Waals surface area contributed by atoms with Crippen molar-refractivity contribution in [3.05, 3.63) is 28.8 Å². The minimum absolute atomic E-state index is 0.281. The minimum atomic E-state index is -3.45. The van der Waals surface area contributed by atoms with Gasteiger partial charge in [-0.25, -0.2) is 13.1 Å². The molecule has 0 amide bonds. The Labute approximate surface area is 136 Å². The summed E-state index contributed by atoms with van der Waals surface area (Å²) in [7, 11) is -3.45. The molecule has 0 saturated heterocycles. The Hall–Kier alpha value is -0.270. The molecule has 118 valence electrons. The van der Waals surface area contributed by atoms with Crippen LogP contribution in [0.3, 0.4) is 0 Å². The van der Waals surface area contributed by atoms with Gasteiger partial charge in [0.2, 0.25) is 10.0 Å². The molecule has 0 heterocycles. The van der Waals surface area contributed by atoms with Crippen molar-refractivity contribution in [3.63, 3.8) is 0 Å². The van der Waals surface area contributed by atoms with Gasteiger partial charge in [-0.15, -0.1) is 0 Å². The SMILES string of the molecule is CSCCCNS(=O)(=O)c1ccc(Cl)c(CNC2CC2)c1. The molecule has 21 heavy (non-hydrogen) atoms. The van der Waals surface area contributed by atoms with Crippen LogP contribution >= 0.6 is 23.4 Å². The smallest absolute Gasteiger partial charge is 0.240 e. The Kier molecular flexibility index (Phi) is 6.37. The molecule has 0 aromatic heterocycles. The predicted molar refractivity (Wildman–Crippen MR) is 89.5 cm³/mol. The third-order valence-corrected chi connectivity index (χ3v) is 5.83. The van der Waals surface area contributed by atoms with Gasteiger partial charge in [-0.1, -0.05) is 11.6 Å². The quantitative estimate of drug-likeness (QED) is 0.673. The monoisotopic (exact) mass is 348 g/mol. The Balaban J connectivity index is 2.01. The van der Waals surface area contributed by atoms with E-state index in [2.05, 4.69) is 10.0 Å². The van der Waals surface area contributed by atoms with Crippen LogP contribution in [0.4, 0.5) is 0 Å². The van der Waals surface area contributed by atoms with Crippen LogP contribution in [-0.4, -0.2) is 33.0 Å². The normalized spacial score (nSPS) is 15.3. The number of sulfonamides is 1. The van der Waals surface area contributed by atoms with Gasteiger partial charge in [0.15, 0.2) is 0 Å². The number of nitrogens with one attached hydrogen (secondary N) is 2. The summed E-state index contributed by atoms with van der Waals surface area (Å²) in [6, 6.07) is 5.43. The summed E-state index contributed by atoms with van der Waals surface area (Å²) >= 11 is 7.84. The van der Waals surface area contributed by atoms with E-state index in [0.29, 0.717) is 24.2 Å². The van der Waals surface area contributed by atoms with Gasteiger partial charge in [0.25, 0.3) is 0 Å². The molecule has 1 fully saturated rings. The van der Waals surface area contributed by atoms with E-state index < -0.39 is 10.0 Å². The van der Waals surface area contributed by atoms with Crippen LogP contribution in [0, 0.1) is 0 Å². The van der Waals surface area contributed by atoms with Gasteiger partial charge in [-0.3, -0.25) is 0 Å². The first-order valence-corrected chi connectivity index (χ1v) is 10.3. The lowest BCUT2D eigenvalue weighted by Gasteiger charge is -2.10. The molecule has 1 aliphatic rings. The van der Waals surface area contributed by atoms with Gasteiger partial charge in [0, 0.05) is 24.2 Å². The van der Waals surface area contributed by atoms with Crippen LogP contribution in [0.2, 0.25) is 5.02 Å². The molecule has 1 saturated carbocycles. The highest BCUT2D eigenvalue weighted by Gasteiger charge is 2.21. The second-order valence-electron chi connectivity index (χ2n) is 5.15. The third-order valence-electron chi connectivity index (χ3n) is 3.30. The molecule has 1 aliphatic carbocycles. The van der Waals surface area contributed by atoms with Crippen molar-refractivity contribution in [2.24, 2.45) is 0 Å². The first kappa shape index (κ1) is 17.1. The summed E-state index contributed by atoms with van der Waals surface area (Å²) in [6.45, 7) is 1.07. The lowest BCUT2D eigenvalue weighted by Crippen LogP contribution is -2.25. The van der Waals surface area contributed by atoms with E-state index in [0.717, 1.165) is 17.7 Å². The molecule has 4 nitrogen and oxygen atoms in total. The van der Waals surface area contributed by atoms with E-state index in [4.69, 9.17) is 11.6 Å². The predicted octanol–water partition coefficient (Wildman–Crippen LogP) is 2.62. The maximum Gasteiger partial charge on any atom is 0.240 e. The average Bonchev–Trinajstić information content (AvgIpc) is 3.27. The van der Waals surface area contributed by atoms with E-state index in [1.54, 1.807) is 30.0 Å². The molecular weight excluding hydrogens is 328 g/mol. The van der Waals surface area contributed by atoms with Crippen molar-refractivity contribution in [1.29, 1.82) is 0 Å². The zero-order valence-corrected chi connectivity index (χ0v) is 14.5. The molecule has 1 aromatic carbocycles. The number of hydrogen-bond donors (Lipinski definition) is 2. The van der Waals surface area contributed by atoms with Crippen molar-refractivity contribution in [1.82, 2.24) is 10.0 Å². The molecular formula is C14H21ClN2O2S2. The number of rotatable bonds is 9. The van der Waals surface area contributed by atoms with Crippen LogP contribution in [-0.2, 0) is 16.6 Å². The van der Waals surface area contributed by atoms with Gasteiger partial charge >= 0.3 is 0 Å². The summed E-state index contributed by atoms with van der Waals surface area (Å²) in [5.41, 5.74) is 0.829. The number of benzene rings is 1. The van der Waals surface area contributed by atoms with E-state index in [1.807, 2.05) is 6.26 Å². The van der Waals surface area contributed by atoms with Crippen molar-refractivity contribution < 1.29 is 8.42 Å². The Morgan fingerprint density at radius 3 is 2.81 bits per heavy atom. The van der Waals surface area contributed by atoms with Crippen molar-refractivity contribution in [2.45, 2.75) is 36.7 Å². The van der Waals surface area contributed by atoms with Gasteiger partial charge in [-0.2, -0.15) is 11.8 Å². The van der Waals surface area contributed by atoms with Gasteiger partial charge in [0.05, 0.1) is 4.90 Å². The van der Waals surface area contributed by atoms with Crippen molar-refractivity contribution in [2.75, 3.05) is 18.6 Å². The first-order valence-electron chi connectivity index (χ1n) is 7.03. The maximum atomic E-state index is 12.2. The highest BCUT2D eigenvalue weighted by atomic mass is 35.5. The summed E-state index contributed by atoms with van der Waals surface area (Å²) < 4.78 is 27.1. The largest absolute Gasteiger partial charge is 0.310 e. The molecule has 2 rings (SSSR count). The summed E-state index contributed by atoms with van der Waals surface area (Å²) in [5.74, 6) is 0.944. The Bertz CT molecular complexity index is 574. The molecule has 0 radical (unpaired) electrons. The number of hydrogen-bond acceptors (Lipinski definition) is 4. The second-order valence-corrected chi connectivity index (χ2v) is 8.31. The molecule has 2 N–H and O–H groups in total. The average molecular weight is 349 g/mol. The number of thioether (sulfide) groups is 1. The molecule has 0 bridgehead atoms. The molecule has 7 heteroatoms. The van der Waals surface area contributed by atoms with E-state index in [1.165, 1.54) is 12.8 Å². The number of halogens is 1. The molecule has 0 spiro atoms. The first-order chi connectivity index (χ1) is 10.0. The van der Waals surface area contributed by atoms with E-state index >= 15 is 0 Å². The topological polar surface area (TPSA) is 58.2 Å². The van der Waals surface area contributed by atoms with Crippen molar-refractivity contribution >= 4 is 33.4 Å². The standard InChI is InChI=1S/C14H21ClN2O2S2/c1-20-8-2-7-17-21(18,19)13-5-6-14(15)11(9-13)10-16-12-3-4-12/h5-6,9,12,16-17H,2-4,7-8,10H2,1H3. The highest BCUT2D eigenvalue weighted by Crippen LogP contribution is 2.23. The molecule has 0 aliphatic heterocycles. The van der Waals surface area contributed by atoms with Gasteiger partial charge in [0.1, 0.15) is 0 Å². The third kappa shape index (κ3) is 5.45. The van der Waals surface area contributed by atoms with Crippen LogP contribution in [0.15, 0.2) is 23.1 Å². The lowest BCUT2D eigenvalue weighted by molar-refractivity contribution is 0.580. The van der Waals surface area contributed by atoms with Crippen LogP contribution < -0.4 is 10.0 Å². The Morgan fingerprint density at radius 2 is 2.14 bits per heavy atom. The fraction of sp³-hybridized carbons (Fsp3) is 0.571. The Morgan fingerprint density at radius 1 is 1.38 bits per heavy atom. The second kappa shape index (κ2) is 7.83. The van der Waals surface area contributed by atoms with Gasteiger partial charge in [-0.05, 0) is 55.0 Å². The molecule has 1 aromatic rings. The fourth-order valence-corrected chi connectivity index (χ4v) is 3.64. The van der Waals surface area contributed by atoms with E-state index in [9.17, 15) is 8.42 Å². The zero-order chi connectivity index (χ0) is 15.3. The van der Waals surface area contributed by atoms with Crippen molar-refractivity contribution in [3.8, 4) is 0 Å².